The molecule has 3 N–H and O–H groups in total. The molecule has 4 heterocycles. The molecule has 0 spiro atoms. The first kappa shape index (κ1) is 28.5. The van der Waals surface area contributed by atoms with Gasteiger partial charge in [-0.2, -0.15) is 10.1 Å². The van der Waals surface area contributed by atoms with Gasteiger partial charge in [-0.25, -0.2) is 4.79 Å². The number of piperidine rings is 2. The second-order valence-electron chi connectivity index (χ2n) is 11.5. The van der Waals surface area contributed by atoms with Crippen LogP contribution in [0.1, 0.15) is 76.3 Å². The van der Waals surface area contributed by atoms with Gasteiger partial charge in [0.25, 0.3) is 0 Å². The van der Waals surface area contributed by atoms with Gasteiger partial charge in [-0.05, 0) is 43.7 Å². The van der Waals surface area contributed by atoms with Crippen molar-refractivity contribution in [2.45, 2.75) is 101 Å². The molecule has 4 atom stereocenters. The van der Waals surface area contributed by atoms with Gasteiger partial charge in [0, 0.05) is 51.2 Å². The molecule has 4 unspecified atom stereocenters. The normalized spacial score (nSPS) is 33.0. The molecule has 9 nitrogen and oxygen atoms in total. The Morgan fingerprint density at radius 1 is 0.850 bits per heavy atom. The van der Waals surface area contributed by atoms with E-state index in [0.717, 1.165) is 49.7 Å². The molecule has 4 saturated heterocycles. The van der Waals surface area contributed by atoms with Crippen LogP contribution in [0.15, 0.2) is 60.7 Å². The molecule has 0 aromatic heterocycles. The lowest BCUT2D eigenvalue weighted by Crippen LogP contribution is -2.56. The van der Waals surface area contributed by atoms with Crippen molar-refractivity contribution in [2.24, 2.45) is 0 Å². The molecule has 1 amide bonds. The summed E-state index contributed by atoms with van der Waals surface area (Å²) in [4.78, 5) is 22.8. The van der Waals surface area contributed by atoms with Crippen LogP contribution in [0.25, 0.3) is 0 Å². The Hall–Kier alpha value is -2.98. The zero-order valence-electron chi connectivity index (χ0n) is 23.4. The van der Waals surface area contributed by atoms with E-state index in [2.05, 4.69) is 29.6 Å². The van der Waals surface area contributed by atoms with Crippen molar-refractivity contribution in [3.05, 3.63) is 71.8 Å². The maximum Gasteiger partial charge on any atom is 0.407 e. The minimum absolute atomic E-state index is 0.0263. The van der Waals surface area contributed by atoms with Crippen molar-refractivity contribution in [2.75, 3.05) is 6.54 Å². The number of amides is 1. The Morgan fingerprint density at radius 2 is 1.35 bits per heavy atom. The summed E-state index contributed by atoms with van der Waals surface area (Å²) in [6.45, 7) is 3.84. The Kier molecular flexibility index (Phi) is 8.47. The van der Waals surface area contributed by atoms with Gasteiger partial charge in [0.1, 0.15) is 12.2 Å². The molecule has 40 heavy (non-hydrogen) atoms. The van der Waals surface area contributed by atoms with E-state index in [0.29, 0.717) is 19.4 Å². The van der Waals surface area contributed by atoms with Gasteiger partial charge in [0.15, 0.2) is 0 Å². The predicted octanol–water partition coefficient (Wildman–Crippen LogP) is 5.11. The summed E-state index contributed by atoms with van der Waals surface area (Å²) in [7, 11) is 0. The van der Waals surface area contributed by atoms with Gasteiger partial charge in [0.2, 0.25) is 0 Å². The molecular weight excluding hydrogens is 510 g/mol. The lowest BCUT2D eigenvalue weighted by Gasteiger charge is -2.50. The molecular formula is C31H41N3O6. The predicted molar refractivity (Wildman–Crippen MR) is 148 cm³/mol. The number of esters is 1. The fourth-order valence-corrected chi connectivity index (χ4v) is 7.36. The van der Waals surface area contributed by atoms with Crippen molar-refractivity contribution in [1.82, 2.24) is 15.4 Å². The highest BCUT2D eigenvalue weighted by atomic mass is 16.6. The Labute approximate surface area is 236 Å². The fourth-order valence-electron chi connectivity index (χ4n) is 7.36. The Morgan fingerprint density at radius 3 is 1.80 bits per heavy atom. The third-order valence-electron chi connectivity index (χ3n) is 9.09. The maximum atomic E-state index is 12.1. The van der Waals surface area contributed by atoms with E-state index in [4.69, 9.17) is 9.47 Å². The van der Waals surface area contributed by atoms with Crippen molar-refractivity contribution < 1.29 is 29.5 Å². The molecule has 9 heteroatoms. The van der Waals surface area contributed by atoms with Crippen LogP contribution in [0.5, 0.6) is 0 Å². The zero-order valence-corrected chi connectivity index (χ0v) is 23.4. The molecule has 216 valence electrons. The molecule has 4 bridgehead atoms. The Bertz CT molecular complexity index is 1090. The summed E-state index contributed by atoms with van der Waals surface area (Å²) in [5, 5.41) is 26.7. The molecule has 6 rings (SSSR count). The van der Waals surface area contributed by atoms with Crippen LogP contribution in [0.4, 0.5) is 4.79 Å². The number of carbonyl (C=O) groups excluding carboxylic acids is 2. The topological polar surface area (TPSA) is 112 Å². The van der Waals surface area contributed by atoms with E-state index < -0.39 is 11.1 Å². The molecule has 0 saturated carbocycles. The Balaban J connectivity index is 0.000000207. The highest BCUT2D eigenvalue weighted by Crippen LogP contribution is 2.59. The molecule has 4 aliphatic heterocycles. The van der Waals surface area contributed by atoms with E-state index >= 15 is 0 Å². The van der Waals surface area contributed by atoms with Crippen LogP contribution < -0.4 is 5.32 Å². The summed E-state index contributed by atoms with van der Waals surface area (Å²) < 4.78 is 10.9. The maximum absolute atomic E-state index is 12.1. The number of nitrogens with zero attached hydrogens (tertiary/aromatic N) is 2. The number of alkyl carbamates (subject to hydrolysis) is 1. The van der Waals surface area contributed by atoms with E-state index in [9.17, 15) is 20.0 Å². The van der Waals surface area contributed by atoms with Crippen molar-refractivity contribution >= 4 is 12.1 Å². The first-order valence-electron chi connectivity index (χ1n) is 14.5. The highest BCUT2D eigenvalue weighted by molar-refractivity contribution is 5.67. The number of rotatable bonds is 5. The van der Waals surface area contributed by atoms with Crippen molar-refractivity contribution in [1.29, 1.82) is 0 Å². The third-order valence-corrected chi connectivity index (χ3v) is 9.09. The van der Waals surface area contributed by atoms with E-state index in [1.807, 2.05) is 43.3 Å². The lowest BCUT2D eigenvalue weighted by atomic mass is 9.77. The number of hydroxylamine groups is 4. The minimum atomic E-state index is -0.549. The molecule has 4 fully saturated rings. The van der Waals surface area contributed by atoms with Crippen LogP contribution in [0.3, 0.4) is 0 Å². The highest BCUT2D eigenvalue weighted by Gasteiger charge is 2.62. The minimum Gasteiger partial charge on any atom is -0.462 e. The van der Waals surface area contributed by atoms with Gasteiger partial charge in [0.05, 0.1) is 11.1 Å². The van der Waals surface area contributed by atoms with Crippen molar-refractivity contribution in [3.63, 3.8) is 0 Å². The smallest absolute Gasteiger partial charge is 0.407 e. The van der Waals surface area contributed by atoms with Crippen LogP contribution in [0, 0.1) is 0 Å². The largest absolute Gasteiger partial charge is 0.462 e. The molecule has 0 radical (unpaired) electrons. The van der Waals surface area contributed by atoms with E-state index in [1.165, 1.54) is 12.0 Å². The number of benzene rings is 2. The monoisotopic (exact) mass is 551 g/mol. The van der Waals surface area contributed by atoms with Crippen LogP contribution in [-0.2, 0) is 25.3 Å². The summed E-state index contributed by atoms with van der Waals surface area (Å²) in [6, 6.07) is 20.6. The number of fused-ring (bicyclic) bond motifs is 4. The first-order valence-corrected chi connectivity index (χ1v) is 14.5. The quantitative estimate of drug-likeness (QED) is 0.440. The van der Waals surface area contributed by atoms with Crippen LogP contribution >= 0.6 is 0 Å². The van der Waals surface area contributed by atoms with Gasteiger partial charge in [-0.1, -0.05) is 60.7 Å². The first-order chi connectivity index (χ1) is 19.3. The molecule has 0 aliphatic carbocycles. The summed E-state index contributed by atoms with van der Waals surface area (Å²) >= 11 is 0. The summed E-state index contributed by atoms with van der Waals surface area (Å²) in [5.74, 6) is -0.212. The van der Waals surface area contributed by atoms with Crippen molar-refractivity contribution in [3.8, 4) is 0 Å². The van der Waals surface area contributed by atoms with E-state index in [-0.39, 0.29) is 36.4 Å². The summed E-state index contributed by atoms with van der Waals surface area (Å²) in [5.41, 5.74) is 1.03. The number of hydrogen-bond acceptors (Lipinski definition) is 8. The average molecular weight is 552 g/mol. The summed E-state index contributed by atoms with van der Waals surface area (Å²) in [6.07, 6.45) is 5.80. The van der Waals surface area contributed by atoms with Gasteiger partial charge < -0.3 is 25.2 Å². The van der Waals surface area contributed by atoms with E-state index in [1.54, 1.807) is 5.06 Å². The van der Waals surface area contributed by atoms with Gasteiger partial charge in [-0.3, -0.25) is 4.79 Å². The second-order valence-corrected chi connectivity index (χ2v) is 11.5. The molecule has 2 aromatic rings. The SMILES string of the molecule is CC(=O)OC1CC2CCC(C1)N2O.CCNC(=O)OC1CC2(c3ccccc3)CCC(c3ccccc3)(C1)N2O. The van der Waals surface area contributed by atoms with Gasteiger partial charge >= 0.3 is 12.1 Å². The molecule has 4 aliphatic rings. The number of hydrogen-bond donors (Lipinski definition) is 3. The number of carbonyl (C=O) groups is 2. The average Bonchev–Trinajstić information content (AvgIpc) is 3.24. The molecule has 2 aromatic carbocycles. The lowest BCUT2D eigenvalue weighted by molar-refractivity contribution is -0.255. The fraction of sp³-hybridized carbons (Fsp3) is 0.548. The van der Waals surface area contributed by atoms with Crippen LogP contribution in [-0.4, -0.2) is 63.4 Å². The third kappa shape index (κ3) is 5.48. The van der Waals surface area contributed by atoms with Gasteiger partial charge in [-0.15, -0.1) is 0 Å². The second kappa shape index (κ2) is 11.9. The van der Waals surface area contributed by atoms with Crippen LogP contribution in [0.2, 0.25) is 0 Å². The number of nitrogens with one attached hydrogen (secondary N) is 1. The number of ether oxygens (including phenoxy) is 2. The zero-order chi connectivity index (χ0) is 28.3. The standard InChI is InChI=1S/C22H26N2O3.C9H15NO3/c1-2-23-20(25)27-19-15-21(17-9-5-3-6-10-17)13-14-22(16-19,24(21)26)18-11-7-4-8-12-18;1-6(11)13-9-4-7-2-3-8(5-9)10(7)12/h3-12,19,26H,2,13-16H2,1H3,(H,23,25);7-9,12H,2-5H2,1H3.